The molecule has 8 nitrogen and oxygen atoms in total. The molecule has 2 aromatic carbocycles. The van der Waals surface area contributed by atoms with Crippen molar-refractivity contribution >= 4 is 28.5 Å². The maximum Gasteiger partial charge on any atom is 0.416 e. The number of piperazine rings is 1. The molecular weight excluding hydrogens is 463 g/mol. The van der Waals surface area contributed by atoms with Gasteiger partial charge in [0.25, 0.3) is 5.91 Å². The van der Waals surface area contributed by atoms with Gasteiger partial charge in [-0.3, -0.25) is 9.59 Å². The highest BCUT2D eigenvalue weighted by atomic mass is 19.4. The van der Waals surface area contributed by atoms with Crippen molar-refractivity contribution in [1.29, 1.82) is 0 Å². The van der Waals surface area contributed by atoms with Gasteiger partial charge >= 0.3 is 12.1 Å². The summed E-state index contributed by atoms with van der Waals surface area (Å²) in [6, 6.07) is 7.72. The maximum absolute atomic E-state index is 13.2. The molecule has 1 unspecified atom stereocenters. The minimum Gasteiger partial charge on any atom is -0.480 e. The Bertz CT molecular complexity index is 1420. The molecule has 0 radical (unpaired) electrons. The molecular formula is C24H20F3N5O3. The Hall–Kier alpha value is -3.99. The summed E-state index contributed by atoms with van der Waals surface area (Å²) in [4.78, 5) is 35.0. The van der Waals surface area contributed by atoms with Crippen LogP contribution in [-0.4, -0.2) is 51.1 Å². The summed E-state index contributed by atoms with van der Waals surface area (Å²) in [5, 5.41) is 11.3. The Kier molecular flexibility index (Phi) is 5.24. The van der Waals surface area contributed by atoms with E-state index in [0.717, 1.165) is 17.7 Å². The minimum atomic E-state index is -4.44. The number of carbonyl (C=O) groups is 2. The third kappa shape index (κ3) is 3.87. The molecule has 11 heteroatoms. The standard InChI is InChI=1S/C24H20F3N5O3/c1-12-9-14(21-28-11-15-10-16(24(25,26)27)4-5-17(15)29-21)3-6-18(12)31-7-8-32-20(22(31)33)13(2)19(30-32)23(34)35/h3-6,9-11,19,30H,7-8H2,1-2H3,(H,34,35). The zero-order chi connectivity index (χ0) is 25.1. The van der Waals surface area contributed by atoms with Crippen LogP contribution in [0.5, 0.6) is 0 Å². The van der Waals surface area contributed by atoms with Crippen LogP contribution in [-0.2, 0) is 15.8 Å². The van der Waals surface area contributed by atoms with Gasteiger partial charge in [0, 0.05) is 29.4 Å². The van der Waals surface area contributed by atoms with Gasteiger partial charge in [0.15, 0.2) is 5.82 Å². The number of amides is 1. The molecule has 2 aliphatic rings. The first kappa shape index (κ1) is 22.8. The fraction of sp³-hybridized carbons (Fsp3) is 0.250. The van der Waals surface area contributed by atoms with Crippen LogP contribution in [0.3, 0.4) is 0 Å². The molecule has 35 heavy (non-hydrogen) atoms. The number of aliphatic carboxylic acids is 1. The van der Waals surface area contributed by atoms with Gasteiger partial charge in [0.1, 0.15) is 11.7 Å². The monoisotopic (exact) mass is 483 g/mol. The number of hydrogen-bond donors (Lipinski definition) is 2. The van der Waals surface area contributed by atoms with Crippen LogP contribution in [0.25, 0.3) is 22.3 Å². The van der Waals surface area contributed by atoms with Crippen LogP contribution in [0.2, 0.25) is 0 Å². The van der Waals surface area contributed by atoms with Gasteiger partial charge < -0.3 is 15.0 Å². The molecule has 180 valence electrons. The normalized spacial score (nSPS) is 18.4. The van der Waals surface area contributed by atoms with Gasteiger partial charge in [-0.05, 0) is 61.4 Å². The van der Waals surface area contributed by atoms with Gasteiger partial charge in [0.2, 0.25) is 0 Å². The fourth-order valence-corrected chi connectivity index (χ4v) is 4.47. The molecule has 3 heterocycles. The summed E-state index contributed by atoms with van der Waals surface area (Å²) in [7, 11) is 0. The SMILES string of the molecule is CC1=C2C(=O)N(c3ccc(-c4ncc5cc(C(F)(F)F)ccc5n4)cc3C)CCN2NC1C(=O)O. The summed E-state index contributed by atoms with van der Waals surface area (Å²) in [5.74, 6) is -0.983. The lowest BCUT2D eigenvalue weighted by molar-refractivity contribution is -0.139. The van der Waals surface area contributed by atoms with Crippen molar-refractivity contribution in [3.8, 4) is 11.4 Å². The van der Waals surface area contributed by atoms with Crippen LogP contribution < -0.4 is 10.3 Å². The number of carboxylic acid groups (broad SMARTS) is 1. The third-order valence-electron chi connectivity index (χ3n) is 6.26. The summed E-state index contributed by atoms with van der Waals surface area (Å²) >= 11 is 0. The van der Waals surface area contributed by atoms with E-state index < -0.39 is 23.8 Å². The van der Waals surface area contributed by atoms with E-state index in [1.807, 2.05) is 13.0 Å². The van der Waals surface area contributed by atoms with Crippen molar-refractivity contribution in [1.82, 2.24) is 20.4 Å². The molecule has 1 atom stereocenters. The molecule has 0 bridgehead atoms. The smallest absolute Gasteiger partial charge is 0.416 e. The number of rotatable bonds is 3. The van der Waals surface area contributed by atoms with Gasteiger partial charge in [-0.2, -0.15) is 13.2 Å². The van der Waals surface area contributed by atoms with E-state index in [9.17, 15) is 27.9 Å². The molecule has 1 aromatic heterocycles. The molecule has 2 aliphatic heterocycles. The van der Waals surface area contributed by atoms with E-state index in [2.05, 4.69) is 15.4 Å². The van der Waals surface area contributed by atoms with Gasteiger partial charge in [-0.1, -0.05) is 0 Å². The third-order valence-corrected chi connectivity index (χ3v) is 6.26. The predicted octanol–water partition coefficient (Wildman–Crippen LogP) is 3.52. The van der Waals surface area contributed by atoms with E-state index >= 15 is 0 Å². The lowest BCUT2D eigenvalue weighted by atomic mass is 10.0. The van der Waals surface area contributed by atoms with Crippen molar-refractivity contribution in [3.63, 3.8) is 0 Å². The number of aromatic nitrogens is 2. The maximum atomic E-state index is 13.2. The van der Waals surface area contributed by atoms with Crippen molar-refractivity contribution in [2.24, 2.45) is 0 Å². The van der Waals surface area contributed by atoms with E-state index in [4.69, 9.17) is 0 Å². The first-order valence-corrected chi connectivity index (χ1v) is 10.8. The Morgan fingerprint density at radius 2 is 1.91 bits per heavy atom. The number of hydrogen-bond acceptors (Lipinski definition) is 6. The van der Waals surface area contributed by atoms with Gasteiger partial charge in [-0.25, -0.2) is 15.4 Å². The fourth-order valence-electron chi connectivity index (χ4n) is 4.47. The number of anilines is 1. The molecule has 0 spiro atoms. The highest BCUT2D eigenvalue weighted by Gasteiger charge is 2.41. The highest BCUT2D eigenvalue weighted by molar-refractivity contribution is 6.08. The molecule has 2 N–H and O–H groups in total. The predicted molar refractivity (Wildman–Crippen MR) is 121 cm³/mol. The largest absolute Gasteiger partial charge is 0.480 e. The number of hydrazine groups is 1. The second kappa shape index (κ2) is 8.05. The molecule has 1 fully saturated rings. The van der Waals surface area contributed by atoms with Crippen molar-refractivity contribution in [2.75, 3.05) is 18.0 Å². The number of carboxylic acids is 1. The van der Waals surface area contributed by atoms with Gasteiger partial charge in [-0.15, -0.1) is 0 Å². The zero-order valence-corrected chi connectivity index (χ0v) is 18.7. The number of aryl methyl sites for hydroxylation is 1. The first-order valence-electron chi connectivity index (χ1n) is 10.8. The van der Waals surface area contributed by atoms with Crippen LogP contribution in [0.1, 0.15) is 18.1 Å². The molecule has 0 saturated carbocycles. The summed E-state index contributed by atoms with van der Waals surface area (Å²) < 4.78 is 38.9. The number of halogens is 3. The molecule has 3 aromatic rings. The van der Waals surface area contributed by atoms with Crippen LogP contribution in [0.4, 0.5) is 18.9 Å². The number of carbonyl (C=O) groups excluding carboxylic acids is 1. The Morgan fingerprint density at radius 3 is 2.60 bits per heavy atom. The zero-order valence-electron chi connectivity index (χ0n) is 18.7. The Labute approximate surface area is 197 Å². The summed E-state index contributed by atoms with van der Waals surface area (Å²) in [5.41, 5.74) is 5.38. The lowest BCUT2D eigenvalue weighted by Crippen LogP contribution is -2.52. The quantitative estimate of drug-likeness (QED) is 0.588. The van der Waals surface area contributed by atoms with Crippen molar-refractivity contribution in [2.45, 2.75) is 26.1 Å². The lowest BCUT2D eigenvalue weighted by Gasteiger charge is -2.35. The second-order valence-electron chi connectivity index (χ2n) is 8.51. The number of alkyl halides is 3. The number of fused-ring (bicyclic) bond motifs is 2. The average molecular weight is 483 g/mol. The average Bonchev–Trinajstić information content (AvgIpc) is 3.16. The molecule has 5 rings (SSSR count). The van der Waals surface area contributed by atoms with E-state index in [1.165, 1.54) is 12.3 Å². The summed E-state index contributed by atoms with van der Waals surface area (Å²) in [6.45, 7) is 4.26. The van der Waals surface area contributed by atoms with Crippen LogP contribution in [0, 0.1) is 6.92 Å². The van der Waals surface area contributed by atoms with Crippen molar-refractivity contribution in [3.05, 3.63) is 65.0 Å². The number of benzene rings is 2. The van der Waals surface area contributed by atoms with Gasteiger partial charge in [0.05, 0.1) is 17.6 Å². The number of nitrogens with zero attached hydrogens (tertiary/aromatic N) is 4. The Balaban J connectivity index is 1.45. The van der Waals surface area contributed by atoms with E-state index in [0.29, 0.717) is 47.0 Å². The Morgan fingerprint density at radius 1 is 1.14 bits per heavy atom. The second-order valence-corrected chi connectivity index (χ2v) is 8.51. The summed E-state index contributed by atoms with van der Waals surface area (Å²) in [6.07, 6.45) is -3.08. The first-order chi connectivity index (χ1) is 16.5. The van der Waals surface area contributed by atoms with E-state index in [-0.39, 0.29) is 11.3 Å². The number of nitrogens with one attached hydrogen (secondary N) is 1. The molecule has 1 saturated heterocycles. The topological polar surface area (TPSA) is 98.7 Å². The van der Waals surface area contributed by atoms with Crippen LogP contribution in [0.15, 0.2) is 53.9 Å². The molecule has 0 aliphatic carbocycles. The minimum absolute atomic E-state index is 0.286. The van der Waals surface area contributed by atoms with Crippen LogP contribution >= 0.6 is 0 Å². The molecule has 1 amide bonds. The highest BCUT2D eigenvalue weighted by Crippen LogP contribution is 2.33. The van der Waals surface area contributed by atoms with Crippen molar-refractivity contribution < 1.29 is 27.9 Å². The van der Waals surface area contributed by atoms with E-state index in [1.54, 1.807) is 29.0 Å².